The number of hydrogen-bond donors (Lipinski definition) is 1. The van der Waals surface area contributed by atoms with E-state index >= 15 is 0 Å². The Morgan fingerprint density at radius 3 is 2.94 bits per heavy atom. The Morgan fingerprint density at radius 1 is 1.28 bits per heavy atom. The van der Waals surface area contributed by atoms with E-state index < -0.39 is 0 Å². The maximum absolute atomic E-state index is 6.05. The molecule has 1 unspecified atom stereocenters. The zero-order valence-electron chi connectivity index (χ0n) is 10.5. The SMILES string of the molecule is Cc1cc2cc(C3CCCCN3)ccc2nc1Cl. The molecule has 1 aliphatic rings. The van der Waals surface area contributed by atoms with Crippen molar-refractivity contribution in [3.8, 4) is 0 Å². The summed E-state index contributed by atoms with van der Waals surface area (Å²) in [6, 6.07) is 9.11. The number of pyridine rings is 1. The van der Waals surface area contributed by atoms with E-state index in [0.717, 1.165) is 17.6 Å². The van der Waals surface area contributed by atoms with Gasteiger partial charge in [0.1, 0.15) is 5.15 Å². The van der Waals surface area contributed by atoms with Crippen LogP contribution in [0.3, 0.4) is 0 Å². The van der Waals surface area contributed by atoms with Crippen molar-refractivity contribution in [1.82, 2.24) is 10.3 Å². The highest BCUT2D eigenvalue weighted by molar-refractivity contribution is 6.30. The Bertz CT molecular complexity index is 574. The number of fused-ring (bicyclic) bond motifs is 1. The molecule has 0 bridgehead atoms. The summed E-state index contributed by atoms with van der Waals surface area (Å²) in [6.45, 7) is 3.13. The van der Waals surface area contributed by atoms with E-state index in [1.54, 1.807) is 0 Å². The first kappa shape index (κ1) is 11.9. The lowest BCUT2D eigenvalue weighted by Gasteiger charge is -2.24. The Kier molecular flexibility index (Phi) is 3.23. The van der Waals surface area contributed by atoms with Gasteiger partial charge in [-0.25, -0.2) is 4.98 Å². The van der Waals surface area contributed by atoms with E-state index in [1.807, 2.05) is 6.92 Å². The van der Waals surface area contributed by atoms with E-state index in [4.69, 9.17) is 11.6 Å². The lowest BCUT2D eigenvalue weighted by atomic mass is 9.96. The molecule has 1 aromatic carbocycles. The Labute approximate surface area is 112 Å². The summed E-state index contributed by atoms with van der Waals surface area (Å²) in [5, 5.41) is 5.36. The topological polar surface area (TPSA) is 24.9 Å². The smallest absolute Gasteiger partial charge is 0.132 e. The quantitative estimate of drug-likeness (QED) is 0.784. The minimum atomic E-state index is 0.499. The molecule has 0 radical (unpaired) electrons. The third kappa shape index (κ3) is 2.23. The van der Waals surface area contributed by atoms with Crippen molar-refractivity contribution in [2.75, 3.05) is 6.54 Å². The molecule has 1 N–H and O–H groups in total. The van der Waals surface area contributed by atoms with Crippen molar-refractivity contribution < 1.29 is 0 Å². The standard InChI is InChI=1S/C15H17ClN2/c1-10-8-12-9-11(13-4-2-3-7-17-13)5-6-14(12)18-15(10)16/h5-6,8-9,13,17H,2-4,7H2,1H3. The van der Waals surface area contributed by atoms with Crippen molar-refractivity contribution in [3.63, 3.8) is 0 Å². The number of rotatable bonds is 1. The van der Waals surface area contributed by atoms with Gasteiger partial charge in [0, 0.05) is 11.4 Å². The normalized spacial score (nSPS) is 20.2. The summed E-state index contributed by atoms with van der Waals surface area (Å²) in [7, 11) is 0. The van der Waals surface area contributed by atoms with Crippen LogP contribution in [0, 0.1) is 6.92 Å². The second-order valence-electron chi connectivity index (χ2n) is 5.05. The highest BCUT2D eigenvalue weighted by atomic mass is 35.5. The molecule has 1 atom stereocenters. The molecular formula is C15H17ClN2. The molecule has 2 aromatic rings. The van der Waals surface area contributed by atoms with Crippen molar-refractivity contribution in [2.24, 2.45) is 0 Å². The average Bonchev–Trinajstić information content (AvgIpc) is 2.41. The number of aryl methyl sites for hydroxylation is 1. The largest absolute Gasteiger partial charge is 0.310 e. The minimum absolute atomic E-state index is 0.499. The first-order valence-corrected chi connectivity index (χ1v) is 6.92. The van der Waals surface area contributed by atoms with Gasteiger partial charge in [0.25, 0.3) is 0 Å². The molecule has 2 heterocycles. The Morgan fingerprint density at radius 2 is 2.17 bits per heavy atom. The molecule has 18 heavy (non-hydrogen) atoms. The maximum atomic E-state index is 6.05. The van der Waals surface area contributed by atoms with E-state index in [-0.39, 0.29) is 0 Å². The molecule has 3 heteroatoms. The van der Waals surface area contributed by atoms with E-state index in [1.165, 1.54) is 30.2 Å². The molecule has 0 saturated carbocycles. The number of benzene rings is 1. The lowest BCUT2D eigenvalue weighted by molar-refractivity contribution is 0.412. The summed E-state index contributed by atoms with van der Waals surface area (Å²) < 4.78 is 0. The van der Waals surface area contributed by atoms with Crippen LogP contribution in [0.2, 0.25) is 5.15 Å². The molecule has 0 amide bonds. The van der Waals surface area contributed by atoms with Crippen molar-refractivity contribution in [3.05, 3.63) is 40.5 Å². The molecule has 94 valence electrons. The van der Waals surface area contributed by atoms with Crippen molar-refractivity contribution in [1.29, 1.82) is 0 Å². The zero-order valence-corrected chi connectivity index (χ0v) is 11.3. The molecule has 0 aliphatic carbocycles. The fourth-order valence-corrected chi connectivity index (χ4v) is 2.78. The molecule has 3 rings (SSSR count). The first-order chi connectivity index (χ1) is 8.74. The van der Waals surface area contributed by atoms with Gasteiger partial charge in [-0.1, -0.05) is 24.1 Å². The summed E-state index contributed by atoms with van der Waals surface area (Å²) in [5.74, 6) is 0. The molecule has 0 spiro atoms. The van der Waals surface area contributed by atoms with Crippen LogP contribution in [0.5, 0.6) is 0 Å². The summed E-state index contributed by atoms with van der Waals surface area (Å²) in [6.07, 6.45) is 3.83. The minimum Gasteiger partial charge on any atom is -0.310 e. The van der Waals surface area contributed by atoms with Crippen LogP contribution in [0.4, 0.5) is 0 Å². The third-order valence-electron chi connectivity index (χ3n) is 3.68. The van der Waals surface area contributed by atoms with Crippen LogP contribution < -0.4 is 5.32 Å². The second kappa shape index (κ2) is 4.87. The number of nitrogens with one attached hydrogen (secondary N) is 1. The maximum Gasteiger partial charge on any atom is 0.132 e. The predicted octanol–water partition coefficient (Wildman–Crippen LogP) is 4.01. The second-order valence-corrected chi connectivity index (χ2v) is 5.41. The molecule has 1 aromatic heterocycles. The lowest BCUT2D eigenvalue weighted by Crippen LogP contribution is -2.26. The summed E-state index contributed by atoms with van der Waals surface area (Å²) in [5.41, 5.74) is 3.38. The molecule has 2 nitrogen and oxygen atoms in total. The van der Waals surface area contributed by atoms with Gasteiger partial charge in [-0.15, -0.1) is 0 Å². The summed E-state index contributed by atoms with van der Waals surface area (Å²) in [4.78, 5) is 4.41. The number of nitrogens with zero attached hydrogens (tertiary/aromatic N) is 1. The van der Waals surface area contributed by atoms with E-state index in [0.29, 0.717) is 11.2 Å². The molecular weight excluding hydrogens is 244 g/mol. The van der Waals surface area contributed by atoms with Crippen LogP contribution >= 0.6 is 11.6 Å². The first-order valence-electron chi connectivity index (χ1n) is 6.54. The highest BCUT2D eigenvalue weighted by Crippen LogP contribution is 2.27. The van der Waals surface area contributed by atoms with Gasteiger partial charge in [0.15, 0.2) is 0 Å². The van der Waals surface area contributed by atoms with Gasteiger partial charge in [-0.2, -0.15) is 0 Å². The van der Waals surface area contributed by atoms with Crippen molar-refractivity contribution >= 4 is 22.5 Å². The van der Waals surface area contributed by atoms with Gasteiger partial charge in [0.05, 0.1) is 5.52 Å². The number of halogens is 1. The fraction of sp³-hybridized carbons (Fsp3) is 0.400. The van der Waals surface area contributed by atoms with Crippen molar-refractivity contribution in [2.45, 2.75) is 32.2 Å². The monoisotopic (exact) mass is 260 g/mol. The Balaban J connectivity index is 2.02. The van der Waals surface area contributed by atoms with Gasteiger partial charge in [0.2, 0.25) is 0 Å². The number of hydrogen-bond acceptors (Lipinski definition) is 2. The predicted molar refractivity (Wildman–Crippen MR) is 76.1 cm³/mol. The van der Waals surface area contributed by atoms with Gasteiger partial charge in [-0.05, 0) is 55.6 Å². The zero-order chi connectivity index (χ0) is 12.5. The van der Waals surface area contributed by atoms with Crippen LogP contribution in [0.15, 0.2) is 24.3 Å². The number of piperidine rings is 1. The fourth-order valence-electron chi connectivity index (χ4n) is 2.63. The van der Waals surface area contributed by atoms with Gasteiger partial charge >= 0.3 is 0 Å². The Hall–Kier alpha value is -1.12. The average molecular weight is 261 g/mol. The van der Waals surface area contributed by atoms with Gasteiger partial charge in [-0.3, -0.25) is 0 Å². The van der Waals surface area contributed by atoms with Gasteiger partial charge < -0.3 is 5.32 Å². The van der Waals surface area contributed by atoms with Crippen LogP contribution in [-0.2, 0) is 0 Å². The third-order valence-corrected chi connectivity index (χ3v) is 4.06. The number of aromatic nitrogens is 1. The van der Waals surface area contributed by atoms with Crippen LogP contribution in [0.1, 0.15) is 36.4 Å². The van der Waals surface area contributed by atoms with Crippen LogP contribution in [0.25, 0.3) is 10.9 Å². The molecule has 1 aliphatic heterocycles. The highest BCUT2D eigenvalue weighted by Gasteiger charge is 2.15. The summed E-state index contributed by atoms with van der Waals surface area (Å²) >= 11 is 6.05. The van der Waals surface area contributed by atoms with Crippen LogP contribution in [-0.4, -0.2) is 11.5 Å². The molecule has 1 fully saturated rings. The van der Waals surface area contributed by atoms with E-state index in [9.17, 15) is 0 Å². The molecule has 1 saturated heterocycles. The van der Waals surface area contributed by atoms with E-state index in [2.05, 4.69) is 34.6 Å².